The summed E-state index contributed by atoms with van der Waals surface area (Å²) in [6, 6.07) is 7.46. The van der Waals surface area contributed by atoms with Crippen LogP contribution in [0.4, 0.5) is 0 Å². The van der Waals surface area contributed by atoms with E-state index in [0.29, 0.717) is 42.7 Å². The van der Waals surface area contributed by atoms with Crippen molar-refractivity contribution in [3.8, 4) is 0 Å². The van der Waals surface area contributed by atoms with Crippen LogP contribution < -0.4 is 10.6 Å². The lowest BCUT2D eigenvalue weighted by Crippen LogP contribution is -2.33. The third kappa shape index (κ3) is 7.87. The van der Waals surface area contributed by atoms with Gasteiger partial charge in [0, 0.05) is 37.2 Å². The van der Waals surface area contributed by atoms with Crippen LogP contribution in [0.2, 0.25) is 0 Å². The first kappa shape index (κ1) is 21.4. The van der Waals surface area contributed by atoms with E-state index in [1.165, 1.54) is 0 Å². The number of carbonyl (C=O) groups excluding carboxylic acids is 1. The van der Waals surface area contributed by atoms with Gasteiger partial charge in [-0.3, -0.25) is 4.79 Å². The highest BCUT2D eigenvalue weighted by Crippen LogP contribution is 2.22. The zero-order chi connectivity index (χ0) is 17.2. The fourth-order valence-corrected chi connectivity index (χ4v) is 2.65. The number of aromatic nitrogens is 2. The van der Waals surface area contributed by atoms with Crippen LogP contribution in [-0.2, 0) is 10.5 Å². The fraction of sp³-hybridized carbons (Fsp3) is 0.438. The molecule has 2 aromatic rings. The van der Waals surface area contributed by atoms with Gasteiger partial charge in [0.1, 0.15) is 0 Å². The minimum atomic E-state index is -0.0763. The van der Waals surface area contributed by atoms with Crippen LogP contribution in [0.25, 0.3) is 0 Å². The summed E-state index contributed by atoms with van der Waals surface area (Å²) >= 11 is 1.59. The second kappa shape index (κ2) is 11.9. The van der Waals surface area contributed by atoms with Crippen molar-refractivity contribution in [1.29, 1.82) is 0 Å². The number of halogens is 1. The number of hydrogen-bond donors (Lipinski definition) is 2. The predicted octanol–water partition coefficient (Wildman–Crippen LogP) is 2.06. The number of methoxy groups -OCH3 is 1. The standard InChI is InChI=1S/C16H22N4O3S.ClH/c1-12-19-15(23-20-12)11-24-14-5-3-13(4-6-14)16(21)18-8-7-17-9-10-22-2;/h3-6,17H,7-11H2,1-2H3,(H,18,21);1H. The van der Waals surface area contributed by atoms with E-state index in [1.54, 1.807) is 25.8 Å². The highest BCUT2D eigenvalue weighted by atomic mass is 35.5. The Labute approximate surface area is 157 Å². The Morgan fingerprint density at radius 2 is 2.00 bits per heavy atom. The maximum absolute atomic E-state index is 12.0. The summed E-state index contributed by atoms with van der Waals surface area (Å²) in [6.07, 6.45) is 0. The maximum Gasteiger partial charge on any atom is 0.251 e. The minimum absolute atomic E-state index is 0. The molecule has 2 N–H and O–H groups in total. The summed E-state index contributed by atoms with van der Waals surface area (Å²) in [4.78, 5) is 17.2. The Morgan fingerprint density at radius 1 is 1.24 bits per heavy atom. The molecule has 0 radical (unpaired) electrons. The normalized spacial score (nSPS) is 10.3. The molecular formula is C16H23ClN4O3S. The number of rotatable bonds is 10. The quantitative estimate of drug-likeness (QED) is 0.477. The lowest BCUT2D eigenvalue weighted by Gasteiger charge is -2.07. The third-order valence-electron chi connectivity index (χ3n) is 3.12. The molecule has 0 unspecified atom stereocenters. The Balaban J connectivity index is 0.00000312. The molecule has 7 nitrogen and oxygen atoms in total. The van der Waals surface area contributed by atoms with Gasteiger partial charge in [0.2, 0.25) is 5.89 Å². The summed E-state index contributed by atoms with van der Waals surface area (Å²) in [6.45, 7) is 4.52. The van der Waals surface area contributed by atoms with Crippen molar-refractivity contribution < 1.29 is 14.1 Å². The van der Waals surface area contributed by atoms with Gasteiger partial charge in [-0.05, 0) is 31.2 Å². The van der Waals surface area contributed by atoms with Crippen molar-refractivity contribution in [2.75, 3.05) is 33.4 Å². The molecule has 25 heavy (non-hydrogen) atoms. The van der Waals surface area contributed by atoms with Crippen molar-refractivity contribution in [1.82, 2.24) is 20.8 Å². The number of carbonyl (C=O) groups is 1. The maximum atomic E-state index is 12.0. The third-order valence-corrected chi connectivity index (χ3v) is 4.12. The van der Waals surface area contributed by atoms with Crippen LogP contribution in [0.1, 0.15) is 22.1 Å². The SMILES string of the molecule is COCCNCCNC(=O)c1ccc(SCc2nc(C)no2)cc1.Cl. The monoisotopic (exact) mass is 386 g/mol. The zero-order valence-electron chi connectivity index (χ0n) is 14.3. The Morgan fingerprint density at radius 3 is 2.64 bits per heavy atom. The average Bonchev–Trinajstić information content (AvgIpc) is 3.02. The smallest absolute Gasteiger partial charge is 0.251 e. The predicted molar refractivity (Wildman–Crippen MR) is 99.4 cm³/mol. The van der Waals surface area contributed by atoms with E-state index in [-0.39, 0.29) is 18.3 Å². The molecule has 0 aliphatic heterocycles. The summed E-state index contributed by atoms with van der Waals surface area (Å²) in [7, 11) is 1.66. The van der Waals surface area contributed by atoms with E-state index in [9.17, 15) is 4.79 Å². The van der Waals surface area contributed by atoms with Gasteiger partial charge >= 0.3 is 0 Å². The molecule has 1 amide bonds. The number of aryl methyl sites for hydroxylation is 1. The van der Waals surface area contributed by atoms with E-state index in [1.807, 2.05) is 24.3 Å². The summed E-state index contributed by atoms with van der Waals surface area (Å²) < 4.78 is 10.0. The number of nitrogens with one attached hydrogen (secondary N) is 2. The number of benzene rings is 1. The van der Waals surface area contributed by atoms with Crippen LogP contribution in [-0.4, -0.2) is 49.4 Å². The molecule has 138 valence electrons. The minimum Gasteiger partial charge on any atom is -0.383 e. The second-order valence-electron chi connectivity index (χ2n) is 5.05. The number of nitrogens with zero attached hydrogens (tertiary/aromatic N) is 2. The summed E-state index contributed by atoms with van der Waals surface area (Å²) in [5, 5.41) is 9.80. The summed E-state index contributed by atoms with van der Waals surface area (Å²) in [5.74, 6) is 1.77. The molecule has 0 aliphatic rings. The van der Waals surface area contributed by atoms with Crippen molar-refractivity contribution in [3.05, 3.63) is 41.5 Å². The largest absolute Gasteiger partial charge is 0.383 e. The second-order valence-corrected chi connectivity index (χ2v) is 6.10. The lowest BCUT2D eigenvalue weighted by atomic mass is 10.2. The topological polar surface area (TPSA) is 89.3 Å². The Bertz CT molecular complexity index is 637. The number of thioether (sulfide) groups is 1. The molecule has 0 aliphatic carbocycles. The fourth-order valence-electron chi connectivity index (χ4n) is 1.91. The number of hydrogen-bond acceptors (Lipinski definition) is 7. The molecule has 0 bridgehead atoms. The van der Waals surface area contributed by atoms with Crippen molar-refractivity contribution >= 4 is 30.1 Å². The van der Waals surface area contributed by atoms with Crippen LogP contribution in [0.3, 0.4) is 0 Å². The first-order valence-electron chi connectivity index (χ1n) is 7.69. The van der Waals surface area contributed by atoms with Gasteiger partial charge in [-0.2, -0.15) is 4.98 Å². The van der Waals surface area contributed by atoms with Crippen LogP contribution in [0.5, 0.6) is 0 Å². The first-order valence-corrected chi connectivity index (χ1v) is 8.67. The Hall–Kier alpha value is -1.61. The molecule has 1 aromatic carbocycles. The molecule has 1 aromatic heterocycles. The molecule has 0 saturated carbocycles. The molecule has 1 heterocycles. The highest BCUT2D eigenvalue weighted by Gasteiger charge is 2.06. The van der Waals surface area contributed by atoms with E-state index in [0.717, 1.165) is 11.4 Å². The molecular weight excluding hydrogens is 364 g/mol. The van der Waals surface area contributed by atoms with Gasteiger partial charge in [-0.15, -0.1) is 24.2 Å². The van der Waals surface area contributed by atoms with Gasteiger partial charge in [-0.1, -0.05) is 5.16 Å². The van der Waals surface area contributed by atoms with Gasteiger partial charge in [0.25, 0.3) is 5.91 Å². The zero-order valence-corrected chi connectivity index (χ0v) is 15.9. The van der Waals surface area contributed by atoms with Crippen molar-refractivity contribution in [2.24, 2.45) is 0 Å². The van der Waals surface area contributed by atoms with E-state index >= 15 is 0 Å². The van der Waals surface area contributed by atoms with Crippen molar-refractivity contribution in [3.63, 3.8) is 0 Å². The number of ether oxygens (including phenoxy) is 1. The highest BCUT2D eigenvalue weighted by molar-refractivity contribution is 7.98. The average molecular weight is 387 g/mol. The van der Waals surface area contributed by atoms with E-state index in [2.05, 4.69) is 20.8 Å². The lowest BCUT2D eigenvalue weighted by molar-refractivity contribution is 0.0953. The number of amides is 1. The van der Waals surface area contributed by atoms with Crippen molar-refractivity contribution in [2.45, 2.75) is 17.6 Å². The molecule has 2 rings (SSSR count). The van der Waals surface area contributed by atoms with Gasteiger partial charge in [0.05, 0.1) is 12.4 Å². The van der Waals surface area contributed by atoms with Gasteiger partial charge in [0.15, 0.2) is 5.82 Å². The van der Waals surface area contributed by atoms with Gasteiger partial charge < -0.3 is 19.9 Å². The van der Waals surface area contributed by atoms with E-state index < -0.39 is 0 Å². The molecule has 0 fully saturated rings. The summed E-state index contributed by atoms with van der Waals surface area (Å²) in [5.41, 5.74) is 0.643. The van der Waals surface area contributed by atoms with Gasteiger partial charge in [-0.25, -0.2) is 0 Å². The van der Waals surface area contributed by atoms with Crippen LogP contribution >= 0.6 is 24.2 Å². The molecule has 9 heteroatoms. The Kier molecular flexibility index (Phi) is 10.2. The first-order chi connectivity index (χ1) is 11.7. The molecule has 0 spiro atoms. The van der Waals surface area contributed by atoms with Crippen LogP contribution in [0.15, 0.2) is 33.7 Å². The van der Waals surface area contributed by atoms with E-state index in [4.69, 9.17) is 9.26 Å². The van der Waals surface area contributed by atoms with Crippen LogP contribution in [0, 0.1) is 6.92 Å². The molecule has 0 atom stereocenters. The molecule has 0 saturated heterocycles.